The van der Waals surface area contributed by atoms with Gasteiger partial charge in [-0.2, -0.15) is 13.2 Å². The molecular formula is C29H43F3N4O3. The molecule has 0 aromatic heterocycles. The first-order chi connectivity index (χ1) is 18.7. The van der Waals surface area contributed by atoms with E-state index < -0.39 is 11.7 Å². The van der Waals surface area contributed by atoms with Crippen molar-refractivity contribution in [1.82, 2.24) is 20.9 Å². The molecule has 2 atom stereocenters. The van der Waals surface area contributed by atoms with Crippen molar-refractivity contribution in [3.8, 4) is 12.8 Å². The summed E-state index contributed by atoms with van der Waals surface area (Å²) in [6.07, 6.45) is 10.2. The summed E-state index contributed by atoms with van der Waals surface area (Å²) >= 11 is 0. The number of nitrogens with one attached hydrogen (secondary N) is 3. The molecule has 1 aliphatic carbocycles. The molecule has 5 rings (SSSR count). The molecule has 0 bridgehead atoms. The molecule has 4 aliphatic rings. The minimum Gasteiger partial charge on any atom is -0.381 e. The fourth-order valence-corrected chi connectivity index (χ4v) is 5.15. The molecule has 0 spiro atoms. The van der Waals surface area contributed by atoms with E-state index in [1.54, 1.807) is 11.0 Å². The molecule has 3 fully saturated rings. The average molecular weight is 553 g/mol. The first-order valence-electron chi connectivity index (χ1n) is 13.9. The van der Waals surface area contributed by atoms with Crippen LogP contribution < -0.4 is 16.0 Å². The van der Waals surface area contributed by atoms with E-state index in [2.05, 4.69) is 42.6 Å². The van der Waals surface area contributed by atoms with E-state index in [9.17, 15) is 22.8 Å². The Kier molecular flexibility index (Phi) is 13.6. The van der Waals surface area contributed by atoms with Crippen LogP contribution in [-0.4, -0.2) is 61.8 Å². The fraction of sp³-hybridized carbons (Fsp3) is 0.655. The zero-order valence-corrected chi connectivity index (χ0v) is 23.1. The lowest BCUT2D eigenvalue weighted by atomic mass is 9.95. The number of hydrogen-bond acceptors (Lipinski definition) is 4. The molecule has 7 nitrogen and oxygen atoms in total. The van der Waals surface area contributed by atoms with Gasteiger partial charge in [-0.05, 0) is 61.8 Å². The van der Waals surface area contributed by atoms with Crippen molar-refractivity contribution in [3.05, 3.63) is 34.9 Å². The highest BCUT2D eigenvalue weighted by molar-refractivity contribution is 5.79. The van der Waals surface area contributed by atoms with Gasteiger partial charge in [0.1, 0.15) is 0 Å². The second kappa shape index (κ2) is 16.4. The minimum absolute atomic E-state index is 0.0234. The van der Waals surface area contributed by atoms with Crippen LogP contribution in [0.4, 0.5) is 18.0 Å². The van der Waals surface area contributed by atoms with Crippen molar-refractivity contribution in [2.24, 2.45) is 5.92 Å². The van der Waals surface area contributed by atoms with Gasteiger partial charge in [-0.25, -0.2) is 4.79 Å². The van der Waals surface area contributed by atoms with Crippen LogP contribution in [0.25, 0.3) is 0 Å². The molecule has 0 radical (unpaired) electrons. The molecule has 1 aromatic carbocycles. The predicted octanol–water partition coefficient (Wildman–Crippen LogP) is 4.49. The molecule has 3 heterocycles. The van der Waals surface area contributed by atoms with Crippen LogP contribution in [0, 0.1) is 18.8 Å². The van der Waals surface area contributed by atoms with Gasteiger partial charge in [0.05, 0.1) is 5.56 Å². The van der Waals surface area contributed by atoms with Crippen LogP contribution in [-0.2, 0) is 28.7 Å². The number of alkyl halides is 3. The summed E-state index contributed by atoms with van der Waals surface area (Å²) in [6, 6.07) is 4.68. The molecular weight excluding hydrogens is 509 g/mol. The van der Waals surface area contributed by atoms with Gasteiger partial charge in [0.2, 0.25) is 5.91 Å². The number of nitrogens with zero attached hydrogens (tertiary/aromatic N) is 1. The maximum atomic E-state index is 13.0. The van der Waals surface area contributed by atoms with Crippen molar-refractivity contribution < 1.29 is 27.5 Å². The van der Waals surface area contributed by atoms with Crippen LogP contribution in [0.5, 0.6) is 0 Å². The van der Waals surface area contributed by atoms with Gasteiger partial charge >= 0.3 is 12.2 Å². The van der Waals surface area contributed by atoms with Gasteiger partial charge in [0.15, 0.2) is 0 Å². The second-order valence-electron chi connectivity index (χ2n) is 10.1. The molecule has 3 N–H and O–H groups in total. The van der Waals surface area contributed by atoms with Crippen molar-refractivity contribution in [1.29, 1.82) is 0 Å². The SMILES string of the molecule is C#C.CCC.O=C(C1CCC(NC2CCOCC2)C1)N1CCc2ccc(C(F)(F)F)cc2C1.O=C1NCCN1. The quantitative estimate of drug-likeness (QED) is 0.483. The molecule has 218 valence electrons. The summed E-state index contributed by atoms with van der Waals surface area (Å²) in [7, 11) is 0. The number of halogens is 3. The number of hydrogen-bond donors (Lipinski definition) is 3. The van der Waals surface area contributed by atoms with Gasteiger partial charge in [-0.3, -0.25) is 4.79 Å². The zero-order valence-electron chi connectivity index (χ0n) is 23.1. The lowest BCUT2D eigenvalue weighted by Crippen LogP contribution is -2.42. The predicted molar refractivity (Wildman–Crippen MR) is 146 cm³/mol. The van der Waals surface area contributed by atoms with E-state index in [4.69, 9.17) is 4.74 Å². The number of rotatable bonds is 3. The Morgan fingerprint density at radius 1 is 1.05 bits per heavy atom. The van der Waals surface area contributed by atoms with Crippen LogP contribution >= 0.6 is 0 Å². The highest BCUT2D eigenvalue weighted by Gasteiger charge is 2.36. The summed E-state index contributed by atoms with van der Waals surface area (Å²) in [5.41, 5.74) is 0.911. The maximum absolute atomic E-state index is 13.0. The Morgan fingerprint density at radius 2 is 1.69 bits per heavy atom. The summed E-state index contributed by atoms with van der Waals surface area (Å²) in [5.74, 6) is 0.0732. The third kappa shape index (κ3) is 10.4. The topological polar surface area (TPSA) is 82.7 Å². The number of carbonyl (C=O) groups is 2. The molecule has 3 amide bonds. The average Bonchev–Trinajstić information content (AvgIpc) is 3.61. The van der Waals surface area contributed by atoms with E-state index in [-0.39, 0.29) is 24.4 Å². The van der Waals surface area contributed by atoms with E-state index in [1.165, 1.54) is 12.5 Å². The monoisotopic (exact) mass is 552 g/mol. The Bertz CT molecular complexity index is 924. The van der Waals surface area contributed by atoms with Gasteiger partial charge in [-0.15, -0.1) is 12.8 Å². The van der Waals surface area contributed by atoms with E-state index in [0.29, 0.717) is 30.6 Å². The number of ether oxygens (including phenoxy) is 1. The summed E-state index contributed by atoms with van der Waals surface area (Å²) in [4.78, 5) is 24.8. The number of terminal acetylenes is 1. The third-order valence-electron chi connectivity index (χ3n) is 7.03. The largest absolute Gasteiger partial charge is 0.416 e. The van der Waals surface area contributed by atoms with Crippen LogP contribution in [0.15, 0.2) is 18.2 Å². The summed E-state index contributed by atoms with van der Waals surface area (Å²) in [6.45, 7) is 8.26. The van der Waals surface area contributed by atoms with E-state index >= 15 is 0 Å². The number of urea groups is 1. The van der Waals surface area contributed by atoms with E-state index in [0.717, 1.165) is 70.0 Å². The fourth-order valence-electron chi connectivity index (χ4n) is 5.15. The molecule has 2 saturated heterocycles. The summed E-state index contributed by atoms with van der Waals surface area (Å²) in [5, 5.41) is 8.81. The zero-order chi connectivity index (χ0) is 28.8. The third-order valence-corrected chi connectivity index (χ3v) is 7.03. The minimum atomic E-state index is -4.35. The normalized spacial score (nSPS) is 22.4. The van der Waals surface area contributed by atoms with Gasteiger partial charge < -0.3 is 25.6 Å². The lowest BCUT2D eigenvalue weighted by Gasteiger charge is -2.31. The molecule has 1 saturated carbocycles. The highest BCUT2D eigenvalue weighted by Crippen LogP contribution is 2.34. The second-order valence-corrected chi connectivity index (χ2v) is 10.1. The maximum Gasteiger partial charge on any atom is 0.416 e. The smallest absolute Gasteiger partial charge is 0.381 e. The van der Waals surface area contributed by atoms with Crippen molar-refractivity contribution in [2.75, 3.05) is 32.8 Å². The molecule has 2 unspecified atom stereocenters. The molecule has 1 aromatic rings. The van der Waals surface area contributed by atoms with Crippen LogP contribution in [0.1, 0.15) is 69.1 Å². The van der Waals surface area contributed by atoms with Crippen molar-refractivity contribution in [2.45, 2.75) is 83.6 Å². The number of fused-ring (bicyclic) bond motifs is 1. The first-order valence-corrected chi connectivity index (χ1v) is 13.9. The van der Waals surface area contributed by atoms with E-state index in [1.807, 2.05) is 0 Å². The molecule has 39 heavy (non-hydrogen) atoms. The standard InChI is InChI=1S/C21H27F3N2O2.C3H6N2O.C3H8.C2H2/c22-21(23,24)17-3-1-14-5-8-26(13-16(14)11-17)20(27)15-2-4-19(12-15)25-18-6-9-28-10-7-18;6-3-4-1-2-5-3;1-3-2;1-2/h1,3,11,15,18-19,25H,2,4-10,12-13H2;1-2H2,(H2,4,5,6);3H2,1-2H3;1-2H. The van der Waals surface area contributed by atoms with Crippen molar-refractivity contribution in [3.63, 3.8) is 0 Å². The highest BCUT2D eigenvalue weighted by atomic mass is 19.4. The Morgan fingerprint density at radius 3 is 2.26 bits per heavy atom. The number of carbonyl (C=O) groups excluding carboxylic acids is 2. The Labute approximate surface area is 230 Å². The van der Waals surface area contributed by atoms with Gasteiger partial charge in [-0.1, -0.05) is 26.3 Å². The van der Waals surface area contributed by atoms with Crippen molar-refractivity contribution >= 4 is 11.9 Å². The van der Waals surface area contributed by atoms with Gasteiger partial charge in [0, 0.05) is 57.4 Å². The van der Waals surface area contributed by atoms with Crippen LogP contribution in [0.2, 0.25) is 0 Å². The first kappa shape index (κ1) is 32.4. The Balaban J connectivity index is 0.000000411. The Hall–Kier alpha value is -2.77. The molecule has 10 heteroatoms. The van der Waals surface area contributed by atoms with Gasteiger partial charge in [0.25, 0.3) is 0 Å². The number of benzene rings is 1. The van der Waals surface area contributed by atoms with Crippen LogP contribution in [0.3, 0.4) is 0 Å². The molecule has 3 aliphatic heterocycles. The summed E-state index contributed by atoms with van der Waals surface area (Å²) < 4.78 is 44.4. The lowest BCUT2D eigenvalue weighted by molar-refractivity contribution is -0.137. The number of amides is 3.